The van der Waals surface area contributed by atoms with Crippen LogP contribution in [-0.4, -0.2) is 33.5 Å². The average Bonchev–Trinajstić information content (AvgIpc) is 1.96. The van der Waals surface area contributed by atoms with Gasteiger partial charge >= 0.3 is 5.97 Å². The van der Waals surface area contributed by atoms with Crippen LogP contribution in [0.15, 0.2) is 0 Å². The number of rotatable bonds is 4. The van der Waals surface area contributed by atoms with Gasteiger partial charge in [-0.2, -0.15) is 0 Å². The Kier molecular flexibility index (Phi) is 3.53. The van der Waals surface area contributed by atoms with E-state index in [1.165, 1.54) is 7.11 Å². The summed E-state index contributed by atoms with van der Waals surface area (Å²) in [6.07, 6.45) is 4.12. The van der Waals surface area contributed by atoms with E-state index in [0.717, 1.165) is 25.5 Å². The highest BCUT2D eigenvalue weighted by atomic mass is 32.2. The Balaban J connectivity index is 2.66. The predicted octanol–water partition coefficient (Wildman–Crippen LogP) is 0.620. The van der Waals surface area contributed by atoms with Gasteiger partial charge in [0.05, 0.1) is 18.8 Å². The maximum Gasteiger partial charge on any atom is 0.309 e. The Labute approximate surface area is 84.6 Å². The second-order valence-electron chi connectivity index (χ2n) is 3.91. The Hall–Kier alpha value is -0.580. The molecule has 0 aromatic heterocycles. The molecule has 0 heterocycles. The SMILES string of the molecule is COC(=O)C(CS(C)(=O)=O)C1CCC1. The fraction of sp³-hybridized carbons (Fsp3) is 0.889. The molecule has 0 bridgehead atoms. The van der Waals surface area contributed by atoms with Gasteiger partial charge in [0.15, 0.2) is 0 Å². The van der Waals surface area contributed by atoms with Crippen molar-refractivity contribution in [2.45, 2.75) is 19.3 Å². The molecule has 0 saturated heterocycles. The molecule has 82 valence electrons. The van der Waals surface area contributed by atoms with Crippen molar-refractivity contribution in [1.29, 1.82) is 0 Å². The van der Waals surface area contributed by atoms with Crippen LogP contribution >= 0.6 is 0 Å². The lowest BCUT2D eigenvalue weighted by atomic mass is 9.76. The summed E-state index contributed by atoms with van der Waals surface area (Å²) in [6, 6.07) is 0. The molecule has 1 saturated carbocycles. The molecule has 14 heavy (non-hydrogen) atoms. The first kappa shape index (κ1) is 11.5. The summed E-state index contributed by atoms with van der Waals surface area (Å²) in [4.78, 5) is 11.3. The van der Waals surface area contributed by atoms with Crippen molar-refractivity contribution in [3.05, 3.63) is 0 Å². The van der Waals surface area contributed by atoms with Crippen LogP contribution in [0.5, 0.6) is 0 Å². The first-order chi connectivity index (χ1) is 6.44. The Bertz CT molecular complexity index is 303. The van der Waals surface area contributed by atoms with E-state index in [-0.39, 0.29) is 17.6 Å². The standard InChI is InChI=1S/C9H16O4S/c1-13-9(10)8(6-14(2,11)12)7-4-3-5-7/h7-8H,3-6H2,1-2H3. The van der Waals surface area contributed by atoms with E-state index in [9.17, 15) is 13.2 Å². The van der Waals surface area contributed by atoms with Gasteiger partial charge in [-0.3, -0.25) is 4.79 Å². The minimum absolute atomic E-state index is 0.0790. The second-order valence-corrected chi connectivity index (χ2v) is 6.10. The quantitative estimate of drug-likeness (QED) is 0.652. The lowest BCUT2D eigenvalue weighted by molar-refractivity contribution is -0.147. The van der Waals surface area contributed by atoms with Crippen LogP contribution < -0.4 is 0 Å². The summed E-state index contributed by atoms with van der Waals surface area (Å²) in [6.45, 7) is 0. The molecule has 0 radical (unpaired) electrons. The predicted molar refractivity (Wildman–Crippen MR) is 52.6 cm³/mol. The monoisotopic (exact) mass is 220 g/mol. The Morgan fingerprint density at radius 3 is 2.36 bits per heavy atom. The number of carbonyl (C=O) groups is 1. The zero-order valence-corrected chi connectivity index (χ0v) is 9.34. The third-order valence-electron chi connectivity index (χ3n) is 2.71. The van der Waals surface area contributed by atoms with E-state index in [1.807, 2.05) is 0 Å². The van der Waals surface area contributed by atoms with Gasteiger partial charge in [-0.05, 0) is 18.8 Å². The first-order valence-corrected chi connectivity index (χ1v) is 6.75. The third kappa shape index (κ3) is 2.97. The zero-order chi connectivity index (χ0) is 10.8. The molecule has 1 fully saturated rings. The van der Waals surface area contributed by atoms with E-state index in [2.05, 4.69) is 4.74 Å². The van der Waals surface area contributed by atoms with Gasteiger partial charge in [0.1, 0.15) is 9.84 Å². The number of esters is 1. The molecule has 0 spiro atoms. The van der Waals surface area contributed by atoms with Gasteiger partial charge < -0.3 is 4.74 Å². The Morgan fingerprint density at radius 1 is 1.50 bits per heavy atom. The zero-order valence-electron chi connectivity index (χ0n) is 8.52. The first-order valence-electron chi connectivity index (χ1n) is 4.69. The van der Waals surface area contributed by atoms with E-state index < -0.39 is 15.8 Å². The number of hydrogen-bond acceptors (Lipinski definition) is 4. The summed E-state index contributed by atoms with van der Waals surface area (Å²) >= 11 is 0. The highest BCUT2D eigenvalue weighted by molar-refractivity contribution is 7.90. The van der Waals surface area contributed by atoms with Gasteiger partial charge in [0.2, 0.25) is 0 Å². The number of ether oxygens (including phenoxy) is 1. The topological polar surface area (TPSA) is 60.4 Å². The van der Waals surface area contributed by atoms with Gasteiger partial charge in [0, 0.05) is 6.26 Å². The van der Waals surface area contributed by atoms with E-state index in [4.69, 9.17) is 0 Å². The summed E-state index contributed by atoms with van der Waals surface area (Å²) in [5.41, 5.74) is 0. The molecule has 5 heteroatoms. The molecule has 1 aliphatic rings. The van der Waals surface area contributed by atoms with Gasteiger partial charge in [-0.15, -0.1) is 0 Å². The van der Waals surface area contributed by atoms with Crippen molar-refractivity contribution >= 4 is 15.8 Å². The van der Waals surface area contributed by atoms with Crippen LogP contribution in [0.25, 0.3) is 0 Å². The molecule has 0 aromatic rings. The van der Waals surface area contributed by atoms with Gasteiger partial charge in [-0.25, -0.2) is 8.42 Å². The van der Waals surface area contributed by atoms with Crippen molar-refractivity contribution in [2.75, 3.05) is 19.1 Å². The molecular weight excluding hydrogens is 204 g/mol. The molecule has 0 N–H and O–H groups in total. The fourth-order valence-corrected chi connectivity index (χ4v) is 2.78. The van der Waals surface area contributed by atoms with Gasteiger partial charge in [-0.1, -0.05) is 6.42 Å². The number of hydrogen-bond donors (Lipinski definition) is 0. The molecule has 1 aliphatic carbocycles. The normalized spacial score (nSPS) is 19.9. The smallest absolute Gasteiger partial charge is 0.309 e. The molecule has 1 unspecified atom stereocenters. The average molecular weight is 220 g/mol. The highest BCUT2D eigenvalue weighted by Gasteiger charge is 2.35. The summed E-state index contributed by atoms with van der Waals surface area (Å²) in [7, 11) is -1.80. The van der Waals surface area contributed by atoms with E-state index >= 15 is 0 Å². The summed E-state index contributed by atoms with van der Waals surface area (Å²) < 4.78 is 26.8. The van der Waals surface area contributed by atoms with Crippen LogP contribution in [-0.2, 0) is 19.4 Å². The molecule has 0 aromatic carbocycles. The second kappa shape index (κ2) is 4.29. The number of sulfone groups is 1. The molecule has 1 atom stereocenters. The maximum atomic E-state index is 11.3. The van der Waals surface area contributed by atoms with Crippen LogP contribution in [0.3, 0.4) is 0 Å². The molecule has 0 amide bonds. The number of carbonyl (C=O) groups excluding carboxylic acids is 1. The minimum Gasteiger partial charge on any atom is -0.469 e. The van der Waals surface area contributed by atoms with Crippen molar-refractivity contribution in [3.8, 4) is 0 Å². The molecule has 0 aliphatic heterocycles. The summed E-state index contributed by atoms with van der Waals surface area (Å²) in [5, 5.41) is 0. The molecule has 1 rings (SSSR count). The lowest BCUT2D eigenvalue weighted by Gasteiger charge is -2.31. The third-order valence-corrected chi connectivity index (χ3v) is 3.67. The number of methoxy groups -OCH3 is 1. The summed E-state index contributed by atoms with van der Waals surface area (Å²) in [5.74, 6) is -0.717. The highest BCUT2D eigenvalue weighted by Crippen LogP contribution is 2.34. The van der Waals surface area contributed by atoms with Crippen molar-refractivity contribution < 1.29 is 17.9 Å². The van der Waals surface area contributed by atoms with Crippen molar-refractivity contribution in [2.24, 2.45) is 11.8 Å². The maximum absolute atomic E-state index is 11.3. The van der Waals surface area contributed by atoms with E-state index in [1.54, 1.807) is 0 Å². The van der Waals surface area contributed by atoms with Crippen LogP contribution in [0.4, 0.5) is 0 Å². The van der Waals surface area contributed by atoms with Crippen LogP contribution in [0, 0.1) is 11.8 Å². The van der Waals surface area contributed by atoms with E-state index in [0.29, 0.717) is 0 Å². The fourth-order valence-electron chi connectivity index (χ4n) is 1.72. The molecular formula is C9H16O4S. The van der Waals surface area contributed by atoms with Crippen LogP contribution in [0.1, 0.15) is 19.3 Å². The minimum atomic E-state index is -3.10. The molecule has 4 nitrogen and oxygen atoms in total. The Morgan fingerprint density at radius 2 is 2.07 bits per heavy atom. The van der Waals surface area contributed by atoms with Crippen LogP contribution in [0.2, 0.25) is 0 Å². The lowest BCUT2D eigenvalue weighted by Crippen LogP contribution is -2.34. The largest absolute Gasteiger partial charge is 0.469 e. The van der Waals surface area contributed by atoms with Crippen molar-refractivity contribution in [3.63, 3.8) is 0 Å². The van der Waals surface area contributed by atoms with Gasteiger partial charge in [0.25, 0.3) is 0 Å². The van der Waals surface area contributed by atoms with Crippen molar-refractivity contribution in [1.82, 2.24) is 0 Å².